The van der Waals surface area contributed by atoms with Crippen LogP contribution in [0.15, 0.2) is 36.5 Å². The molecule has 0 aliphatic carbocycles. The summed E-state index contributed by atoms with van der Waals surface area (Å²) in [5.41, 5.74) is 4.48. The first-order valence-electron chi connectivity index (χ1n) is 14.5. The maximum atomic E-state index is 13.2. The van der Waals surface area contributed by atoms with E-state index in [1.165, 1.54) is 12.1 Å². The lowest BCUT2D eigenvalue weighted by molar-refractivity contribution is -0.157. The van der Waals surface area contributed by atoms with E-state index in [9.17, 15) is 19.2 Å². The fraction of sp³-hybridized carbons (Fsp3) is 0.516. The van der Waals surface area contributed by atoms with Gasteiger partial charge >= 0.3 is 5.97 Å². The quantitative estimate of drug-likeness (QED) is 0.462. The molecule has 42 heavy (non-hydrogen) atoms. The average Bonchev–Trinajstić information content (AvgIpc) is 2.98. The molecule has 3 heterocycles. The molecule has 1 aromatic carbocycles. The smallest absolute Gasteiger partial charge is 0.325 e. The molecule has 2 aliphatic rings. The predicted molar refractivity (Wildman–Crippen MR) is 157 cm³/mol. The van der Waals surface area contributed by atoms with Gasteiger partial charge in [-0.25, -0.2) is 5.43 Å². The number of amides is 3. The first kappa shape index (κ1) is 31.1. The van der Waals surface area contributed by atoms with Crippen LogP contribution in [0.25, 0.3) is 16.8 Å². The SMILES string of the molecule is CO[C@@H]1/C=C/c2cc3cc(ccc3cn2)[C@@H](C)OC(=O)[C@@H]2CCCN(N2)C(=O)[C@H](C)NC(=O)[C@H](C(C)C)NC(=O)[C@@H]1C. The van der Waals surface area contributed by atoms with Crippen LogP contribution >= 0.6 is 0 Å². The minimum Gasteiger partial charge on any atom is -0.457 e. The summed E-state index contributed by atoms with van der Waals surface area (Å²) in [6.45, 7) is 9.14. The molecule has 3 N–H and O–H groups in total. The van der Waals surface area contributed by atoms with E-state index in [1.807, 2.05) is 45.0 Å². The van der Waals surface area contributed by atoms with Crippen LogP contribution < -0.4 is 16.1 Å². The van der Waals surface area contributed by atoms with E-state index in [0.717, 1.165) is 16.3 Å². The molecule has 5 bridgehead atoms. The van der Waals surface area contributed by atoms with Crippen molar-refractivity contribution < 1.29 is 28.7 Å². The number of methoxy groups -OCH3 is 1. The van der Waals surface area contributed by atoms with Gasteiger partial charge < -0.3 is 20.1 Å². The molecule has 1 fully saturated rings. The Morgan fingerprint density at radius 1 is 1.02 bits per heavy atom. The fourth-order valence-electron chi connectivity index (χ4n) is 5.17. The maximum Gasteiger partial charge on any atom is 0.325 e. The highest BCUT2D eigenvalue weighted by Crippen LogP contribution is 2.25. The van der Waals surface area contributed by atoms with Crippen molar-refractivity contribution in [3.05, 3.63) is 47.8 Å². The average molecular weight is 580 g/mol. The number of esters is 1. The van der Waals surface area contributed by atoms with Gasteiger partial charge in [0.1, 0.15) is 24.2 Å². The monoisotopic (exact) mass is 579 g/mol. The highest BCUT2D eigenvalue weighted by molar-refractivity contribution is 5.92. The molecule has 226 valence electrons. The number of hydrogen-bond donors (Lipinski definition) is 3. The number of benzene rings is 1. The van der Waals surface area contributed by atoms with Crippen LogP contribution in [0.4, 0.5) is 0 Å². The number of carbonyl (C=O) groups excluding carboxylic acids is 4. The molecule has 2 aromatic rings. The summed E-state index contributed by atoms with van der Waals surface area (Å²) >= 11 is 0. The largest absolute Gasteiger partial charge is 0.457 e. The number of fused-ring (bicyclic) bond motifs is 4. The van der Waals surface area contributed by atoms with Gasteiger partial charge in [-0.2, -0.15) is 0 Å². The fourth-order valence-corrected chi connectivity index (χ4v) is 5.17. The maximum absolute atomic E-state index is 13.2. The van der Waals surface area contributed by atoms with Crippen LogP contribution in [0.3, 0.4) is 0 Å². The lowest BCUT2D eigenvalue weighted by Crippen LogP contribution is -2.61. The van der Waals surface area contributed by atoms with E-state index >= 15 is 0 Å². The van der Waals surface area contributed by atoms with Crippen LogP contribution in [0.2, 0.25) is 0 Å². The van der Waals surface area contributed by atoms with Crippen molar-refractivity contribution in [1.29, 1.82) is 0 Å². The van der Waals surface area contributed by atoms with Crippen molar-refractivity contribution >= 4 is 40.5 Å². The van der Waals surface area contributed by atoms with Crippen molar-refractivity contribution in [3.8, 4) is 0 Å². The molecule has 1 aromatic heterocycles. The topological polar surface area (TPSA) is 139 Å². The van der Waals surface area contributed by atoms with Gasteiger partial charge in [-0.05, 0) is 61.8 Å². The normalized spacial score (nSPS) is 29.1. The standard InChI is InChI=1S/C31H41N5O6/c1-17(2)27-29(38)33-19(4)30(39)36-13-7-8-25(35-36)31(40)42-20(5)21-9-10-22-16-32-24(15-23(22)14-21)11-12-26(41-6)18(3)28(37)34-27/h9-12,14-20,25-27,35H,7-8,13H2,1-6H3,(H,33,38)(H,34,37)/b12-11+/t18-,19+,20-,25+,26-,27+/m1/s1. The van der Waals surface area contributed by atoms with E-state index in [1.54, 1.807) is 32.2 Å². The van der Waals surface area contributed by atoms with E-state index in [0.29, 0.717) is 25.1 Å². The van der Waals surface area contributed by atoms with E-state index in [2.05, 4.69) is 21.0 Å². The molecular weight excluding hydrogens is 538 g/mol. The zero-order chi connectivity index (χ0) is 30.6. The number of nitrogens with one attached hydrogen (secondary N) is 3. The second-order valence-electron chi connectivity index (χ2n) is 11.4. The molecule has 11 heteroatoms. The number of carbonyl (C=O) groups is 4. The molecule has 1 saturated heterocycles. The highest BCUT2D eigenvalue weighted by Gasteiger charge is 2.34. The van der Waals surface area contributed by atoms with Crippen molar-refractivity contribution in [3.63, 3.8) is 0 Å². The predicted octanol–water partition coefficient (Wildman–Crippen LogP) is 2.66. The Hall–Kier alpha value is -3.83. The Kier molecular flexibility index (Phi) is 9.95. The number of cyclic esters (lactones) is 1. The molecule has 3 amide bonds. The van der Waals surface area contributed by atoms with Crippen LogP contribution in [0, 0.1) is 11.8 Å². The van der Waals surface area contributed by atoms with Gasteiger partial charge in [0.2, 0.25) is 11.8 Å². The zero-order valence-corrected chi connectivity index (χ0v) is 25.0. The van der Waals surface area contributed by atoms with Crippen molar-refractivity contribution in [2.24, 2.45) is 11.8 Å². The summed E-state index contributed by atoms with van der Waals surface area (Å²) in [7, 11) is 1.52. The molecular formula is C31H41N5O6. The van der Waals surface area contributed by atoms with Crippen LogP contribution in [-0.2, 0) is 28.7 Å². The first-order valence-corrected chi connectivity index (χ1v) is 14.5. The Morgan fingerprint density at radius 3 is 2.50 bits per heavy atom. The summed E-state index contributed by atoms with van der Waals surface area (Å²) in [5, 5.41) is 8.77. The Bertz CT molecular complexity index is 1360. The summed E-state index contributed by atoms with van der Waals surface area (Å²) in [5.74, 6) is -2.54. The minimum atomic E-state index is -0.893. The molecule has 0 spiro atoms. The van der Waals surface area contributed by atoms with Gasteiger partial charge in [-0.3, -0.25) is 29.2 Å². The third-order valence-electron chi connectivity index (χ3n) is 7.88. The Morgan fingerprint density at radius 2 is 1.79 bits per heavy atom. The van der Waals surface area contributed by atoms with Crippen molar-refractivity contribution in [2.75, 3.05) is 13.7 Å². The number of hydrogen-bond acceptors (Lipinski definition) is 8. The van der Waals surface area contributed by atoms with Gasteiger partial charge in [0.15, 0.2) is 0 Å². The summed E-state index contributed by atoms with van der Waals surface area (Å²) in [6.07, 6.45) is 5.32. The lowest BCUT2D eigenvalue weighted by atomic mass is 9.98. The molecule has 4 rings (SSSR count). The van der Waals surface area contributed by atoms with Gasteiger partial charge in [0.05, 0.1) is 17.7 Å². The molecule has 0 unspecified atom stereocenters. The highest BCUT2D eigenvalue weighted by atomic mass is 16.5. The number of ether oxygens (including phenoxy) is 2. The zero-order valence-electron chi connectivity index (χ0n) is 25.0. The Labute approximate surface area is 246 Å². The summed E-state index contributed by atoms with van der Waals surface area (Å²) in [4.78, 5) is 57.3. The number of nitrogens with zero attached hydrogens (tertiary/aromatic N) is 2. The number of aromatic nitrogens is 1. The number of hydrazine groups is 1. The van der Waals surface area contributed by atoms with E-state index in [-0.39, 0.29) is 17.7 Å². The van der Waals surface area contributed by atoms with Gasteiger partial charge in [-0.15, -0.1) is 0 Å². The third-order valence-corrected chi connectivity index (χ3v) is 7.88. The molecule has 0 saturated carbocycles. The van der Waals surface area contributed by atoms with Crippen LogP contribution in [-0.4, -0.2) is 71.6 Å². The van der Waals surface area contributed by atoms with Crippen LogP contribution in [0.5, 0.6) is 0 Å². The van der Waals surface area contributed by atoms with E-state index in [4.69, 9.17) is 9.47 Å². The van der Waals surface area contributed by atoms with E-state index < -0.39 is 48.1 Å². The second-order valence-corrected chi connectivity index (χ2v) is 11.4. The summed E-state index contributed by atoms with van der Waals surface area (Å²) in [6, 6.07) is 5.24. The lowest BCUT2D eigenvalue weighted by Gasteiger charge is -2.35. The van der Waals surface area contributed by atoms with Gasteiger partial charge in [0, 0.05) is 25.2 Å². The van der Waals surface area contributed by atoms with Gasteiger partial charge in [-0.1, -0.05) is 39.0 Å². The molecule has 0 radical (unpaired) electrons. The first-order chi connectivity index (χ1) is 20.0. The van der Waals surface area contributed by atoms with Crippen LogP contribution in [0.1, 0.15) is 64.8 Å². The number of rotatable bonds is 2. The Balaban J connectivity index is 1.68. The molecule has 6 atom stereocenters. The summed E-state index contributed by atoms with van der Waals surface area (Å²) < 4.78 is 11.4. The molecule has 11 nitrogen and oxygen atoms in total. The molecule has 2 aliphatic heterocycles. The second kappa shape index (κ2) is 13.4. The van der Waals surface area contributed by atoms with Crippen molar-refractivity contribution in [1.82, 2.24) is 26.1 Å². The van der Waals surface area contributed by atoms with Crippen molar-refractivity contribution in [2.45, 2.75) is 77.8 Å². The van der Waals surface area contributed by atoms with Gasteiger partial charge in [0.25, 0.3) is 5.91 Å². The minimum absolute atomic E-state index is 0.244. The third kappa shape index (κ3) is 7.14. The number of pyridine rings is 1.